The first kappa shape index (κ1) is 21.5. The lowest BCUT2D eigenvalue weighted by Gasteiger charge is -2.22. The van der Waals surface area contributed by atoms with E-state index in [1.54, 1.807) is 24.3 Å². The first-order valence-corrected chi connectivity index (χ1v) is 10.5. The van der Waals surface area contributed by atoms with Gasteiger partial charge in [0.2, 0.25) is 11.8 Å². The predicted octanol–water partition coefficient (Wildman–Crippen LogP) is 3.49. The number of carbonyl (C=O) groups excluding carboxylic acids is 4. The van der Waals surface area contributed by atoms with Gasteiger partial charge >= 0.3 is 5.97 Å². The van der Waals surface area contributed by atoms with Gasteiger partial charge in [0.1, 0.15) is 0 Å². The van der Waals surface area contributed by atoms with Crippen LogP contribution in [0.5, 0.6) is 0 Å². The number of anilines is 2. The van der Waals surface area contributed by atoms with Crippen molar-refractivity contribution in [3.05, 3.63) is 71.8 Å². The van der Waals surface area contributed by atoms with E-state index >= 15 is 0 Å². The highest BCUT2D eigenvalue weighted by atomic mass is 16.5. The van der Waals surface area contributed by atoms with Crippen LogP contribution in [0.2, 0.25) is 0 Å². The van der Waals surface area contributed by atoms with Gasteiger partial charge in [-0.2, -0.15) is 0 Å². The Kier molecular flexibility index (Phi) is 5.90. The zero-order valence-corrected chi connectivity index (χ0v) is 17.9. The molecule has 0 bridgehead atoms. The van der Waals surface area contributed by atoms with E-state index in [2.05, 4.69) is 5.32 Å². The lowest BCUT2D eigenvalue weighted by atomic mass is 9.78. The number of hydrogen-bond donors (Lipinski definition) is 1. The van der Waals surface area contributed by atoms with Crippen molar-refractivity contribution in [3.8, 4) is 0 Å². The van der Waals surface area contributed by atoms with Gasteiger partial charge in [0.05, 0.1) is 23.1 Å². The van der Waals surface area contributed by atoms with Crippen molar-refractivity contribution < 1.29 is 23.9 Å². The van der Waals surface area contributed by atoms with Gasteiger partial charge in [0, 0.05) is 5.69 Å². The molecule has 1 N–H and O–H groups in total. The monoisotopic (exact) mass is 432 g/mol. The zero-order chi connectivity index (χ0) is 22.8. The van der Waals surface area contributed by atoms with E-state index in [-0.39, 0.29) is 35.1 Å². The smallest absolute Gasteiger partial charge is 0.338 e. The Morgan fingerprint density at radius 3 is 2.47 bits per heavy atom. The van der Waals surface area contributed by atoms with E-state index in [1.165, 1.54) is 17.0 Å². The highest BCUT2D eigenvalue weighted by molar-refractivity contribution is 6.22. The number of benzene rings is 2. The molecule has 2 aromatic rings. The summed E-state index contributed by atoms with van der Waals surface area (Å²) in [6.45, 7) is 3.38. The molecule has 0 aromatic heterocycles. The third-order valence-corrected chi connectivity index (χ3v) is 5.99. The summed E-state index contributed by atoms with van der Waals surface area (Å²) in [4.78, 5) is 51.3. The first-order valence-electron chi connectivity index (χ1n) is 10.5. The minimum atomic E-state index is -0.665. The second kappa shape index (κ2) is 8.78. The topological polar surface area (TPSA) is 92.8 Å². The number of fused-ring (bicyclic) bond motifs is 1. The number of nitrogens with one attached hydrogen (secondary N) is 1. The molecular formula is C25H24N2O5. The highest BCUT2D eigenvalue weighted by Crippen LogP contribution is 2.40. The molecule has 164 valence electrons. The standard InChI is InChI=1S/C25H24N2O5/c1-15-6-3-4-9-20(15)26-21(28)14-32-25(31)17-10-12-18(13-11-17)27-23(29)19-8-5-7-16(2)22(19)24(27)30/h3-7,9-13,16,19,22H,8,14H2,1-2H3,(H,26,28)/t16-,19-,22+/m1/s1. The quantitative estimate of drug-likeness (QED) is 0.444. The summed E-state index contributed by atoms with van der Waals surface area (Å²) in [5, 5.41) is 2.70. The van der Waals surface area contributed by atoms with Crippen molar-refractivity contribution in [2.24, 2.45) is 17.8 Å². The van der Waals surface area contributed by atoms with Gasteiger partial charge in [-0.25, -0.2) is 4.79 Å². The van der Waals surface area contributed by atoms with Gasteiger partial charge in [0.25, 0.3) is 5.91 Å². The van der Waals surface area contributed by atoms with Gasteiger partial charge in [-0.1, -0.05) is 37.3 Å². The van der Waals surface area contributed by atoms with Crippen LogP contribution in [-0.2, 0) is 19.1 Å². The largest absolute Gasteiger partial charge is 0.452 e. The molecular weight excluding hydrogens is 408 g/mol. The molecule has 32 heavy (non-hydrogen) atoms. The molecule has 2 aromatic carbocycles. The highest BCUT2D eigenvalue weighted by Gasteiger charge is 2.50. The van der Waals surface area contributed by atoms with Crippen molar-refractivity contribution >= 4 is 35.1 Å². The summed E-state index contributed by atoms with van der Waals surface area (Å²) in [5.74, 6) is -2.19. The molecule has 7 nitrogen and oxygen atoms in total. The van der Waals surface area contributed by atoms with Crippen LogP contribution in [-0.4, -0.2) is 30.3 Å². The molecule has 1 aliphatic carbocycles. The normalized spacial score (nSPS) is 21.9. The van der Waals surface area contributed by atoms with E-state index in [1.807, 2.05) is 38.1 Å². The van der Waals surface area contributed by atoms with Crippen LogP contribution < -0.4 is 10.2 Å². The number of carbonyl (C=O) groups is 4. The van der Waals surface area contributed by atoms with Crippen molar-refractivity contribution in [2.75, 3.05) is 16.8 Å². The fourth-order valence-electron chi connectivity index (χ4n) is 4.26. The lowest BCUT2D eigenvalue weighted by Crippen LogP contribution is -2.31. The molecule has 1 saturated heterocycles. The van der Waals surface area contributed by atoms with Crippen molar-refractivity contribution in [3.63, 3.8) is 0 Å². The number of imide groups is 1. The lowest BCUT2D eigenvalue weighted by molar-refractivity contribution is -0.123. The fourth-order valence-corrected chi connectivity index (χ4v) is 4.26. The van der Waals surface area contributed by atoms with Crippen molar-refractivity contribution in [2.45, 2.75) is 20.3 Å². The molecule has 2 aliphatic rings. The predicted molar refractivity (Wildman–Crippen MR) is 119 cm³/mol. The number of para-hydroxylation sites is 1. The average Bonchev–Trinajstić information content (AvgIpc) is 3.05. The Bertz CT molecular complexity index is 1110. The summed E-state index contributed by atoms with van der Waals surface area (Å²) in [5.41, 5.74) is 2.21. The number of rotatable bonds is 5. The molecule has 4 rings (SSSR count). The molecule has 0 unspecified atom stereocenters. The maximum atomic E-state index is 12.9. The molecule has 1 heterocycles. The maximum absolute atomic E-state index is 12.9. The number of hydrogen-bond acceptors (Lipinski definition) is 5. The Hall–Kier alpha value is -3.74. The summed E-state index contributed by atoms with van der Waals surface area (Å²) in [7, 11) is 0. The van der Waals surface area contributed by atoms with Crippen LogP contribution in [0.4, 0.5) is 11.4 Å². The molecule has 1 fully saturated rings. The second-order valence-corrected chi connectivity index (χ2v) is 8.15. The van der Waals surface area contributed by atoms with E-state index in [0.29, 0.717) is 17.8 Å². The van der Waals surface area contributed by atoms with Gasteiger partial charge in [-0.3, -0.25) is 19.3 Å². The minimum Gasteiger partial charge on any atom is -0.452 e. The van der Waals surface area contributed by atoms with Crippen molar-refractivity contribution in [1.82, 2.24) is 0 Å². The number of allylic oxidation sites excluding steroid dienone is 2. The molecule has 3 amide bonds. The fraction of sp³-hybridized carbons (Fsp3) is 0.280. The number of aryl methyl sites for hydroxylation is 1. The summed E-state index contributed by atoms with van der Waals surface area (Å²) in [6, 6.07) is 13.4. The third kappa shape index (κ3) is 4.06. The van der Waals surface area contributed by atoms with Crippen molar-refractivity contribution in [1.29, 1.82) is 0 Å². The van der Waals surface area contributed by atoms with Crippen LogP contribution in [0.1, 0.15) is 29.3 Å². The zero-order valence-electron chi connectivity index (χ0n) is 17.9. The maximum Gasteiger partial charge on any atom is 0.338 e. The number of ether oxygens (including phenoxy) is 1. The Morgan fingerprint density at radius 2 is 1.78 bits per heavy atom. The SMILES string of the molecule is Cc1ccccc1NC(=O)COC(=O)c1ccc(N2C(=O)[C@H]3[C@H](C)C=CC[C@H]3C2=O)cc1. The number of nitrogens with zero attached hydrogens (tertiary/aromatic N) is 1. The summed E-state index contributed by atoms with van der Waals surface area (Å²) >= 11 is 0. The first-order chi connectivity index (χ1) is 15.4. The van der Waals surface area contributed by atoms with E-state index in [4.69, 9.17) is 4.74 Å². The number of esters is 1. The van der Waals surface area contributed by atoms with Crippen LogP contribution in [0.15, 0.2) is 60.7 Å². The molecule has 3 atom stereocenters. The Labute approximate surface area is 186 Å². The molecule has 0 radical (unpaired) electrons. The van der Waals surface area contributed by atoms with Crippen LogP contribution in [0.25, 0.3) is 0 Å². The van der Waals surface area contributed by atoms with Gasteiger partial charge < -0.3 is 10.1 Å². The molecule has 7 heteroatoms. The van der Waals surface area contributed by atoms with Crippen LogP contribution >= 0.6 is 0 Å². The molecule has 0 saturated carbocycles. The summed E-state index contributed by atoms with van der Waals surface area (Å²) in [6.07, 6.45) is 4.49. The minimum absolute atomic E-state index is 0.00951. The van der Waals surface area contributed by atoms with Crippen LogP contribution in [0, 0.1) is 24.7 Å². The Morgan fingerprint density at radius 1 is 1.06 bits per heavy atom. The van der Waals surface area contributed by atoms with E-state index in [0.717, 1.165) is 5.56 Å². The number of amides is 3. The van der Waals surface area contributed by atoms with Crippen LogP contribution in [0.3, 0.4) is 0 Å². The summed E-state index contributed by atoms with van der Waals surface area (Å²) < 4.78 is 5.09. The third-order valence-electron chi connectivity index (χ3n) is 5.99. The molecule has 1 aliphatic heterocycles. The van der Waals surface area contributed by atoms with Gasteiger partial charge in [-0.15, -0.1) is 0 Å². The van der Waals surface area contributed by atoms with E-state index in [9.17, 15) is 19.2 Å². The average molecular weight is 432 g/mol. The molecule has 0 spiro atoms. The van der Waals surface area contributed by atoms with Gasteiger partial charge in [-0.05, 0) is 55.2 Å². The van der Waals surface area contributed by atoms with Gasteiger partial charge in [0.15, 0.2) is 6.61 Å². The van der Waals surface area contributed by atoms with E-state index < -0.39 is 18.5 Å². The Balaban J connectivity index is 1.38. The second-order valence-electron chi connectivity index (χ2n) is 8.15.